The Bertz CT molecular complexity index is 322. The molecule has 0 spiro atoms. The maximum atomic E-state index is 12.8. The van der Waals surface area contributed by atoms with Crippen molar-refractivity contribution in [2.45, 2.75) is 57.7 Å². The first-order valence-electron chi connectivity index (χ1n) is 7.80. The van der Waals surface area contributed by atoms with Gasteiger partial charge in [0.05, 0.1) is 5.92 Å². The molecule has 0 aromatic rings. The zero-order valence-electron chi connectivity index (χ0n) is 12.5. The van der Waals surface area contributed by atoms with Crippen LogP contribution >= 0.6 is 0 Å². The van der Waals surface area contributed by atoms with Crippen molar-refractivity contribution in [1.82, 2.24) is 4.90 Å². The number of alkyl halides is 3. The van der Waals surface area contributed by atoms with Gasteiger partial charge in [0.25, 0.3) is 0 Å². The summed E-state index contributed by atoms with van der Waals surface area (Å²) in [5.41, 5.74) is 5.80. The molecule has 2 nitrogen and oxygen atoms in total. The minimum Gasteiger partial charge on any atom is -0.329 e. The highest BCUT2D eigenvalue weighted by atomic mass is 19.4. The molecule has 2 fully saturated rings. The predicted octanol–water partition coefficient (Wildman–Crippen LogP) is 3.41. The molecule has 1 aliphatic heterocycles. The van der Waals surface area contributed by atoms with Crippen molar-refractivity contribution in [3.05, 3.63) is 0 Å². The molecule has 2 aliphatic rings. The molecule has 0 aromatic carbocycles. The van der Waals surface area contributed by atoms with Crippen molar-refractivity contribution in [2.24, 2.45) is 23.5 Å². The molecular formula is C15H27F3N2. The van der Waals surface area contributed by atoms with Gasteiger partial charge in [-0.1, -0.05) is 13.8 Å². The monoisotopic (exact) mass is 292 g/mol. The quantitative estimate of drug-likeness (QED) is 0.845. The summed E-state index contributed by atoms with van der Waals surface area (Å²) in [7, 11) is 0. The summed E-state index contributed by atoms with van der Waals surface area (Å²) < 4.78 is 38.4. The molecule has 1 saturated heterocycles. The number of hydrogen-bond acceptors (Lipinski definition) is 2. The molecule has 2 N–H and O–H groups in total. The van der Waals surface area contributed by atoms with E-state index in [9.17, 15) is 13.2 Å². The van der Waals surface area contributed by atoms with Gasteiger partial charge in [-0.2, -0.15) is 13.2 Å². The number of piperidine rings is 1. The van der Waals surface area contributed by atoms with E-state index < -0.39 is 12.1 Å². The molecule has 1 heterocycles. The zero-order valence-corrected chi connectivity index (χ0v) is 12.5. The summed E-state index contributed by atoms with van der Waals surface area (Å²) in [4.78, 5) is 2.39. The van der Waals surface area contributed by atoms with E-state index in [1.54, 1.807) is 0 Å². The van der Waals surface area contributed by atoms with Gasteiger partial charge in [0.2, 0.25) is 0 Å². The first kappa shape index (κ1) is 16.1. The van der Waals surface area contributed by atoms with Crippen LogP contribution in [0.3, 0.4) is 0 Å². The van der Waals surface area contributed by atoms with Crippen LogP contribution in [0.25, 0.3) is 0 Å². The third kappa shape index (κ3) is 3.14. The minimum absolute atomic E-state index is 0.184. The maximum Gasteiger partial charge on any atom is 0.391 e. The van der Waals surface area contributed by atoms with Gasteiger partial charge in [-0.15, -0.1) is 0 Å². The Balaban J connectivity index is 2.02. The number of nitrogens with zero attached hydrogens (tertiary/aromatic N) is 1. The van der Waals surface area contributed by atoms with Crippen LogP contribution in [0.15, 0.2) is 0 Å². The molecule has 2 unspecified atom stereocenters. The van der Waals surface area contributed by atoms with Crippen LogP contribution in [-0.2, 0) is 0 Å². The number of likely N-dealkylation sites (tertiary alicyclic amines) is 1. The largest absolute Gasteiger partial charge is 0.391 e. The van der Waals surface area contributed by atoms with Gasteiger partial charge in [0, 0.05) is 18.6 Å². The summed E-state index contributed by atoms with van der Waals surface area (Å²) in [6.07, 6.45) is -1.25. The van der Waals surface area contributed by atoms with Gasteiger partial charge >= 0.3 is 6.18 Å². The molecule has 1 saturated carbocycles. The summed E-state index contributed by atoms with van der Waals surface area (Å²) in [5, 5.41) is 0. The Labute approximate surface area is 119 Å². The number of hydrogen-bond donors (Lipinski definition) is 1. The summed E-state index contributed by atoms with van der Waals surface area (Å²) in [5.74, 6) is 0.184. The topological polar surface area (TPSA) is 29.3 Å². The average molecular weight is 292 g/mol. The summed E-state index contributed by atoms with van der Waals surface area (Å²) in [6.45, 7) is 6.95. The van der Waals surface area contributed by atoms with Crippen molar-refractivity contribution in [1.29, 1.82) is 0 Å². The number of nitrogens with two attached hydrogens (primary N) is 1. The predicted molar refractivity (Wildman–Crippen MR) is 74.3 cm³/mol. The normalized spacial score (nSPS) is 40.8. The molecule has 2 atom stereocenters. The lowest BCUT2D eigenvalue weighted by Gasteiger charge is -2.51. The number of rotatable bonds is 2. The van der Waals surface area contributed by atoms with Crippen LogP contribution in [0.5, 0.6) is 0 Å². The second kappa shape index (κ2) is 5.84. The van der Waals surface area contributed by atoms with Crippen molar-refractivity contribution in [2.75, 3.05) is 19.6 Å². The van der Waals surface area contributed by atoms with Crippen molar-refractivity contribution >= 4 is 0 Å². The Morgan fingerprint density at radius 2 is 1.70 bits per heavy atom. The molecule has 1 aliphatic carbocycles. The van der Waals surface area contributed by atoms with Gasteiger partial charge in [-0.25, -0.2) is 0 Å². The summed E-state index contributed by atoms with van der Waals surface area (Å²) >= 11 is 0. The maximum absolute atomic E-state index is 12.8. The van der Waals surface area contributed by atoms with Crippen molar-refractivity contribution in [3.8, 4) is 0 Å². The van der Waals surface area contributed by atoms with Crippen LogP contribution in [0.2, 0.25) is 0 Å². The van der Waals surface area contributed by atoms with E-state index in [1.165, 1.54) is 0 Å². The minimum atomic E-state index is -4.04. The van der Waals surface area contributed by atoms with E-state index in [0.717, 1.165) is 19.5 Å². The van der Waals surface area contributed by atoms with Crippen molar-refractivity contribution in [3.63, 3.8) is 0 Å². The Morgan fingerprint density at radius 3 is 2.15 bits per heavy atom. The lowest BCUT2D eigenvalue weighted by Crippen LogP contribution is -2.59. The van der Waals surface area contributed by atoms with E-state index in [1.807, 2.05) is 0 Å². The standard InChI is InChI=1S/C15H27F3N2/c1-11-5-8-20(9-12(11)2)14(10-19)6-3-13(4-7-14)15(16,17)18/h11-13H,3-10,19H2,1-2H3. The second-order valence-corrected chi connectivity index (χ2v) is 6.93. The molecular weight excluding hydrogens is 265 g/mol. The molecule has 0 radical (unpaired) electrons. The van der Waals surface area contributed by atoms with Crippen LogP contribution in [-0.4, -0.2) is 36.2 Å². The fourth-order valence-electron chi connectivity index (χ4n) is 3.83. The van der Waals surface area contributed by atoms with Crippen LogP contribution in [0.4, 0.5) is 13.2 Å². The zero-order chi connectivity index (χ0) is 15.0. The lowest BCUT2D eigenvalue weighted by molar-refractivity contribution is -0.189. The molecule has 0 aromatic heterocycles. The smallest absolute Gasteiger partial charge is 0.329 e. The first-order valence-corrected chi connectivity index (χ1v) is 7.80. The van der Waals surface area contributed by atoms with Gasteiger partial charge in [0.1, 0.15) is 0 Å². The van der Waals surface area contributed by atoms with E-state index in [0.29, 0.717) is 31.2 Å². The average Bonchev–Trinajstić information content (AvgIpc) is 2.41. The van der Waals surface area contributed by atoms with E-state index in [2.05, 4.69) is 18.7 Å². The highest BCUT2D eigenvalue weighted by molar-refractivity contribution is 4.98. The van der Waals surface area contributed by atoms with Crippen LogP contribution < -0.4 is 5.73 Å². The molecule has 0 amide bonds. The third-order valence-corrected chi connectivity index (χ3v) is 5.76. The Hall–Kier alpha value is -0.290. The highest BCUT2D eigenvalue weighted by Crippen LogP contribution is 2.44. The van der Waals surface area contributed by atoms with Gasteiger partial charge in [0.15, 0.2) is 0 Å². The number of halogens is 3. The molecule has 0 bridgehead atoms. The van der Waals surface area contributed by atoms with Gasteiger partial charge in [-0.3, -0.25) is 4.90 Å². The van der Waals surface area contributed by atoms with E-state index in [-0.39, 0.29) is 18.4 Å². The highest BCUT2D eigenvalue weighted by Gasteiger charge is 2.48. The van der Waals surface area contributed by atoms with Gasteiger partial charge in [-0.05, 0) is 50.5 Å². The molecule has 20 heavy (non-hydrogen) atoms. The van der Waals surface area contributed by atoms with E-state index >= 15 is 0 Å². The van der Waals surface area contributed by atoms with E-state index in [4.69, 9.17) is 5.73 Å². The van der Waals surface area contributed by atoms with Gasteiger partial charge < -0.3 is 5.73 Å². The van der Waals surface area contributed by atoms with Crippen LogP contribution in [0.1, 0.15) is 46.0 Å². The van der Waals surface area contributed by atoms with Crippen LogP contribution in [0, 0.1) is 17.8 Å². The molecule has 2 rings (SSSR count). The Kier molecular flexibility index (Phi) is 4.69. The molecule has 5 heteroatoms. The SMILES string of the molecule is CC1CCN(C2(CN)CCC(C(F)(F)F)CC2)CC1C. The summed E-state index contributed by atoms with van der Waals surface area (Å²) in [6, 6.07) is 0. The fraction of sp³-hybridized carbons (Fsp3) is 1.00. The molecule has 118 valence electrons. The Morgan fingerprint density at radius 1 is 1.10 bits per heavy atom. The lowest BCUT2D eigenvalue weighted by atomic mass is 9.73. The third-order valence-electron chi connectivity index (χ3n) is 5.76. The first-order chi connectivity index (χ1) is 9.28. The van der Waals surface area contributed by atoms with Crippen molar-refractivity contribution < 1.29 is 13.2 Å². The fourth-order valence-corrected chi connectivity index (χ4v) is 3.83. The second-order valence-electron chi connectivity index (χ2n) is 6.93.